The zero-order chi connectivity index (χ0) is 16.3. The summed E-state index contributed by atoms with van der Waals surface area (Å²) in [6, 6.07) is 5.16. The quantitative estimate of drug-likeness (QED) is 0.741. The van der Waals surface area contributed by atoms with Crippen molar-refractivity contribution in [1.29, 1.82) is 0 Å². The fourth-order valence-electron chi connectivity index (χ4n) is 2.12. The van der Waals surface area contributed by atoms with Gasteiger partial charge in [-0.1, -0.05) is 12.7 Å². The topological polar surface area (TPSA) is 31.2 Å². The molecule has 0 bridgehead atoms. The molecule has 2 rings (SSSR count). The molecule has 0 aliphatic heterocycles. The molecule has 116 valence electrons. The Bertz CT molecular complexity index is 748. The first-order valence-corrected chi connectivity index (χ1v) is 7.41. The van der Waals surface area contributed by atoms with E-state index in [4.69, 9.17) is 4.74 Å². The Hall–Kier alpha value is -1.95. The van der Waals surface area contributed by atoms with Crippen LogP contribution in [-0.2, 0) is 6.54 Å². The van der Waals surface area contributed by atoms with Gasteiger partial charge in [-0.25, -0.2) is 8.78 Å². The molecule has 0 fully saturated rings. The van der Waals surface area contributed by atoms with Crippen molar-refractivity contribution in [2.24, 2.45) is 0 Å². The third kappa shape index (κ3) is 3.11. The van der Waals surface area contributed by atoms with Crippen LogP contribution in [0.2, 0.25) is 0 Å². The summed E-state index contributed by atoms with van der Waals surface area (Å²) >= 11 is 3.12. The fraction of sp³-hybridized carbons (Fsp3) is 0.188. The number of nitrogens with zero attached hydrogens (tertiary/aromatic N) is 1. The molecular formula is C16H14BrF2NO2. The predicted molar refractivity (Wildman–Crippen MR) is 85.1 cm³/mol. The third-order valence-corrected chi connectivity index (χ3v) is 3.69. The van der Waals surface area contributed by atoms with Crippen molar-refractivity contribution in [3.8, 4) is 17.0 Å². The van der Waals surface area contributed by atoms with E-state index in [1.54, 1.807) is 6.92 Å². The van der Waals surface area contributed by atoms with Crippen molar-refractivity contribution >= 4 is 15.9 Å². The van der Waals surface area contributed by atoms with Crippen molar-refractivity contribution in [1.82, 2.24) is 4.57 Å². The molecule has 0 aliphatic carbocycles. The molecule has 0 amide bonds. The minimum atomic E-state index is -0.789. The maximum atomic E-state index is 14.3. The van der Waals surface area contributed by atoms with Crippen molar-refractivity contribution in [3.63, 3.8) is 0 Å². The van der Waals surface area contributed by atoms with Crippen LogP contribution in [-0.4, -0.2) is 11.2 Å². The van der Waals surface area contributed by atoms with Gasteiger partial charge in [-0.3, -0.25) is 4.79 Å². The lowest BCUT2D eigenvalue weighted by molar-refractivity contribution is 0.358. The molecule has 22 heavy (non-hydrogen) atoms. The van der Waals surface area contributed by atoms with E-state index < -0.39 is 11.6 Å². The van der Waals surface area contributed by atoms with Crippen molar-refractivity contribution < 1.29 is 13.5 Å². The minimum absolute atomic E-state index is 0.0705. The van der Waals surface area contributed by atoms with Gasteiger partial charge < -0.3 is 9.30 Å². The van der Waals surface area contributed by atoms with E-state index in [0.717, 1.165) is 12.1 Å². The highest BCUT2D eigenvalue weighted by Crippen LogP contribution is 2.29. The van der Waals surface area contributed by atoms with Gasteiger partial charge in [0.15, 0.2) is 0 Å². The average molecular weight is 370 g/mol. The summed E-state index contributed by atoms with van der Waals surface area (Å²) in [4.78, 5) is 12.1. The molecule has 0 saturated carbocycles. The molecule has 0 spiro atoms. The van der Waals surface area contributed by atoms with Crippen molar-refractivity contribution in [3.05, 3.63) is 63.4 Å². The van der Waals surface area contributed by atoms with Crippen LogP contribution < -0.4 is 10.3 Å². The third-order valence-electron chi connectivity index (χ3n) is 3.08. The van der Waals surface area contributed by atoms with Gasteiger partial charge in [-0.15, -0.1) is 0 Å². The van der Waals surface area contributed by atoms with E-state index in [1.807, 2.05) is 0 Å². The Labute approximate surface area is 135 Å². The Morgan fingerprint density at radius 1 is 1.32 bits per heavy atom. The molecule has 2 aromatic rings. The van der Waals surface area contributed by atoms with Crippen LogP contribution in [0.5, 0.6) is 5.75 Å². The number of pyridine rings is 1. The molecule has 0 saturated heterocycles. The Kier molecular flexibility index (Phi) is 5.13. The number of hydrogen-bond donors (Lipinski definition) is 0. The van der Waals surface area contributed by atoms with E-state index >= 15 is 0 Å². The summed E-state index contributed by atoms with van der Waals surface area (Å²) in [6.45, 7) is 5.64. The molecule has 1 aromatic carbocycles. The lowest BCUT2D eigenvalue weighted by Gasteiger charge is -2.14. The summed E-state index contributed by atoms with van der Waals surface area (Å²) in [5.41, 5.74) is -0.413. The molecule has 1 heterocycles. The van der Waals surface area contributed by atoms with Crippen LogP contribution in [0.15, 0.2) is 46.2 Å². The van der Waals surface area contributed by atoms with Gasteiger partial charge >= 0.3 is 0 Å². The van der Waals surface area contributed by atoms with Gasteiger partial charge in [0.1, 0.15) is 24.0 Å². The zero-order valence-corrected chi connectivity index (χ0v) is 13.5. The number of halogens is 3. The second kappa shape index (κ2) is 6.87. The van der Waals surface area contributed by atoms with Gasteiger partial charge in [-0.2, -0.15) is 0 Å². The van der Waals surface area contributed by atoms with E-state index in [0.29, 0.717) is 11.0 Å². The van der Waals surface area contributed by atoms with Gasteiger partial charge in [0.25, 0.3) is 5.56 Å². The van der Waals surface area contributed by atoms with E-state index in [9.17, 15) is 13.6 Å². The second-order valence-corrected chi connectivity index (χ2v) is 5.33. The molecule has 0 aliphatic rings. The first kappa shape index (κ1) is 16.4. The Morgan fingerprint density at radius 3 is 2.50 bits per heavy atom. The predicted octanol–water partition coefficient (Wildman–Crippen LogP) is 4.14. The number of ether oxygens (including phenoxy) is 1. The monoisotopic (exact) mass is 369 g/mol. The number of hydrogen-bond acceptors (Lipinski definition) is 2. The average Bonchev–Trinajstić information content (AvgIpc) is 2.48. The van der Waals surface area contributed by atoms with E-state index in [1.165, 1.54) is 22.8 Å². The second-order valence-electron chi connectivity index (χ2n) is 4.48. The molecule has 6 heteroatoms. The number of aromatic nitrogens is 1. The van der Waals surface area contributed by atoms with Gasteiger partial charge in [-0.05, 0) is 35.0 Å². The highest BCUT2D eigenvalue weighted by molar-refractivity contribution is 9.10. The van der Waals surface area contributed by atoms with Gasteiger partial charge in [0.2, 0.25) is 0 Å². The van der Waals surface area contributed by atoms with Crippen LogP contribution in [0, 0.1) is 11.6 Å². The summed E-state index contributed by atoms with van der Waals surface area (Å²) in [7, 11) is 0. The molecule has 3 nitrogen and oxygen atoms in total. The van der Waals surface area contributed by atoms with Gasteiger partial charge in [0.05, 0.1) is 15.7 Å². The highest BCUT2D eigenvalue weighted by atomic mass is 79.9. The standard InChI is InChI=1S/C16H14BrF2NO2/c1-3-7-22-10-8-12(18)15(13(19)9-10)14-6-5-11(17)16(21)20(14)4-2/h3,5-6,8-9H,1,4,7H2,2H3. The maximum absolute atomic E-state index is 14.3. The van der Waals surface area contributed by atoms with Crippen LogP contribution >= 0.6 is 15.9 Å². The maximum Gasteiger partial charge on any atom is 0.265 e. The summed E-state index contributed by atoms with van der Waals surface area (Å²) in [6.07, 6.45) is 1.48. The Balaban J connectivity index is 2.61. The Morgan fingerprint density at radius 2 is 1.95 bits per heavy atom. The SMILES string of the molecule is C=CCOc1cc(F)c(-c2ccc(Br)c(=O)n2CC)c(F)c1. The molecule has 0 N–H and O–H groups in total. The molecular weight excluding hydrogens is 356 g/mol. The molecule has 0 unspecified atom stereocenters. The highest BCUT2D eigenvalue weighted by Gasteiger charge is 2.18. The summed E-state index contributed by atoms with van der Waals surface area (Å²) < 4.78 is 35.4. The lowest BCUT2D eigenvalue weighted by atomic mass is 10.1. The molecule has 0 radical (unpaired) electrons. The zero-order valence-electron chi connectivity index (χ0n) is 11.9. The first-order chi connectivity index (χ1) is 10.5. The fourth-order valence-corrected chi connectivity index (χ4v) is 2.46. The summed E-state index contributed by atoms with van der Waals surface area (Å²) in [5, 5.41) is 0. The molecule has 1 aromatic heterocycles. The van der Waals surface area contributed by atoms with E-state index in [2.05, 4.69) is 22.5 Å². The van der Waals surface area contributed by atoms with Gasteiger partial charge in [0, 0.05) is 18.7 Å². The number of rotatable bonds is 5. The molecule has 0 atom stereocenters. The van der Waals surface area contributed by atoms with Crippen LogP contribution in [0.4, 0.5) is 8.78 Å². The van der Waals surface area contributed by atoms with Crippen molar-refractivity contribution in [2.45, 2.75) is 13.5 Å². The summed E-state index contributed by atoms with van der Waals surface area (Å²) in [5.74, 6) is -1.51. The first-order valence-electron chi connectivity index (χ1n) is 6.62. The normalized spacial score (nSPS) is 10.5. The van der Waals surface area contributed by atoms with Crippen LogP contribution in [0.1, 0.15) is 6.92 Å². The van der Waals surface area contributed by atoms with Crippen LogP contribution in [0.3, 0.4) is 0 Å². The largest absolute Gasteiger partial charge is 0.489 e. The minimum Gasteiger partial charge on any atom is -0.489 e. The van der Waals surface area contributed by atoms with Crippen LogP contribution in [0.25, 0.3) is 11.3 Å². The van der Waals surface area contributed by atoms with E-state index in [-0.39, 0.29) is 29.2 Å². The smallest absolute Gasteiger partial charge is 0.265 e. The lowest BCUT2D eigenvalue weighted by Crippen LogP contribution is -2.21. The number of benzene rings is 1. The van der Waals surface area contributed by atoms with Crippen molar-refractivity contribution in [2.75, 3.05) is 6.61 Å².